The summed E-state index contributed by atoms with van der Waals surface area (Å²) in [5.41, 5.74) is 9.30. The number of benzene rings is 1. The van der Waals surface area contributed by atoms with Crippen LogP contribution in [-0.4, -0.2) is 9.78 Å². The molecule has 2 N–H and O–H groups in total. The van der Waals surface area contributed by atoms with Gasteiger partial charge in [0.1, 0.15) is 0 Å². The summed E-state index contributed by atoms with van der Waals surface area (Å²) in [5, 5.41) is 5.91. The summed E-state index contributed by atoms with van der Waals surface area (Å²) in [6, 6.07) is 6.42. The summed E-state index contributed by atoms with van der Waals surface area (Å²) in [4.78, 5) is 0. The van der Waals surface area contributed by atoms with Crippen molar-refractivity contribution in [1.82, 2.24) is 9.78 Å². The Morgan fingerprint density at radius 2 is 2.27 bits per heavy atom. The molecule has 1 saturated carbocycles. The molecule has 0 unspecified atom stereocenters. The van der Waals surface area contributed by atoms with E-state index in [-0.39, 0.29) is 0 Å². The Hall–Kier alpha value is -1.35. The van der Waals surface area contributed by atoms with E-state index >= 15 is 0 Å². The third kappa shape index (κ3) is 1.35. The van der Waals surface area contributed by atoms with Crippen LogP contribution in [-0.2, 0) is 13.6 Å². The highest BCUT2D eigenvalue weighted by molar-refractivity contribution is 5.83. The molecule has 0 bridgehead atoms. The largest absolute Gasteiger partial charge is 0.326 e. The van der Waals surface area contributed by atoms with Crippen molar-refractivity contribution >= 4 is 10.9 Å². The zero-order chi connectivity index (χ0) is 10.4. The molecule has 0 radical (unpaired) electrons. The van der Waals surface area contributed by atoms with E-state index in [0.29, 0.717) is 12.5 Å². The Morgan fingerprint density at radius 3 is 2.93 bits per heavy atom. The maximum atomic E-state index is 5.64. The molecule has 0 aliphatic heterocycles. The van der Waals surface area contributed by atoms with E-state index in [1.165, 1.54) is 35.0 Å². The first-order valence-corrected chi connectivity index (χ1v) is 5.45. The highest BCUT2D eigenvalue weighted by Gasteiger charge is 2.28. The first-order valence-electron chi connectivity index (χ1n) is 5.45. The van der Waals surface area contributed by atoms with Crippen LogP contribution in [0, 0.1) is 0 Å². The van der Waals surface area contributed by atoms with E-state index in [1.54, 1.807) is 0 Å². The number of hydrogen-bond acceptors (Lipinski definition) is 2. The lowest BCUT2D eigenvalue weighted by molar-refractivity contribution is 0.767. The molecule has 1 aromatic heterocycles. The normalized spacial score (nSPS) is 16.1. The van der Waals surface area contributed by atoms with E-state index < -0.39 is 0 Å². The fourth-order valence-electron chi connectivity index (χ4n) is 2.12. The van der Waals surface area contributed by atoms with Crippen molar-refractivity contribution in [3.05, 3.63) is 29.5 Å². The molecule has 2 aromatic rings. The van der Waals surface area contributed by atoms with Crippen LogP contribution in [0.4, 0.5) is 0 Å². The van der Waals surface area contributed by atoms with Crippen molar-refractivity contribution in [2.24, 2.45) is 12.8 Å². The molecule has 3 heteroatoms. The number of fused-ring (bicyclic) bond motifs is 1. The zero-order valence-corrected chi connectivity index (χ0v) is 8.90. The van der Waals surface area contributed by atoms with Gasteiger partial charge in [-0.25, -0.2) is 0 Å². The minimum absolute atomic E-state index is 0.597. The fourth-order valence-corrected chi connectivity index (χ4v) is 2.12. The van der Waals surface area contributed by atoms with Crippen LogP contribution in [0.2, 0.25) is 0 Å². The van der Waals surface area contributed by atoms with Gasteiger partial charge in [-0.3, -0.25) is 4.68 Å². The molecule has 0 spiro atoms. The minimum atomic E-state index is 0.597. The van der Waals surface area contributed by atoms with Crippen molar-refractivity contribution in [3.8, 4) is 0 Å². The van der Waals surface area contributed by atoms with Gasteiger partial charge in [-0.1, -0.05) is 12.1 Å². The second kappa shape index (κ2) is 3.07. The van der Waals surface area contributed by atoms with Crippen molar-refractivity contribution in [2.45, 2.75) is 25.3 Å². The van der Waals surface area contributed by atoms with E-state index in [0.717, 1.165) is 0 Å². The van der Waals surface area contributed by atoms with E-state index in [1.807, 2.05) is 11.7 Å². The van der Waals surface area contributed by atoms with Gasteiger partial charge in [0.2, 0.25) is 0 Å². The Labute approximate surface area is 88.9 Å². The molecular weight excluding hydrogens is 186 g/mol. The van der Waals surface area contributed by atoms with Gasteiger partial charge in [0.05, 0.1) is 11.2 Å². The quantitative estimate of drug-likeness (QED) is 0.806. The fraction of sp³-hybridized carbons (Fsp3) is 0.417. The summed E-state index contributed by atoms with van der Waals surface area (Å²) in [7, 11) is 2.01. The standard InChI is InChI=1S/C12H15N3/c1-15-11-6-8(7-13)2-5-10(11)12(14-15)9-3-4-9/h2,5-6,9H,3-4,7,13H2,1H3. The van der Waals surface area contributed by atoms with Crippen LogP contribution >= 0.6 is 0 Å². The third-order valence-corrected chi connectivity index (χ3v) is 3.14. The second-order valence-corrected chi connectivity index (χ2v) is 4.34. The summed E-state index contributed by atoms with van der Waals surface area (Å²) in [6.45, 7) is 0.597. The van der Waals surface area contributed by atoms with E-state index in [9.17, 15) is 0 Å². The van der Waals surface area contributed by atoms with Gasteiger partial charge in [-0.15, -0.1) is 0 Å². The van der Waals surface area contributed by atoms with Gasteiger partial charge >= 0.3 is 0 Å². The van der Waals surface area contributed by atoms with Crippen molar-refractivity contribution in [1.29, 1.82) is 0 Å². The minimum Gasteiger partial charge on any atom is -0.326 e. The molecule has 1 aromatic carbocycles. The SMILES string of the molecule is Cn1nc(C2CC2)c2ccc(CN)cc21. The molecule has 0 atom stereocenters. The lowest BCUT2D eigenvalue weighted by atomic mass is 10.1. The van der Waals surface area contributed by atoms with Crippen molar-refractivity contribution in [3.63, 3.8) is 0 Å². The molecule has 3 rings (SSSR count). The summed E-state index contributed by atoms with van der Waals surface area (Å²) in [5.74, 6) is 0.706. The molecule has 0 saturated heterocycles. The molecule has 15 heavy (non-hydrogen) atoms. The van der Waals surface area contributed by atoms with E-state index in [4.69, 9.17) is 5.73 Å². The lowest BCUT2D eigenvalue weighted by Gasteiger charge is -1.98. The predicted octanol–water partition coefficient (Wildman–Crippen LogP) is 1.91. The summed E-state index contributed by atoms with van der Waals surface area (Å²) >= 11 is 0. The lowest BCUT2D eigenvalue weighted by Crippen LogP contribution is -1.96. The highest BCUT2D eigenvalue weighted by Crippen LogP contribution is 2.42. The molecule has 3 nitrogen and oxygen atoms in total. The topological polar surface area (TPSA) is 43.8 Å². The van der Waals surface area contributed by atoms with Crippen LogP contribution in [0.5, 0.6) is 0 Å². The maximum Gasteiger partial charge on any atom is 0.0734 e. The van der Waals surface area contributed by atoms with Gasteiger partial charge in [0.25, 0.3) is 0 Å². The van der Waals surface area contributed by atoms with E-state index in [2.05, 4.69) is 23.3 Å². The zero-order valence-electron chi connectivity index (χ0n) is 8.90. The van der Waals surface area contributed by atoms with Crippen molar-refractivity contribution in [2.75, 3.05) is 0 Å². The Kier molecular flexibility index (Phi) is 1.83. The number of nitrogens with zero attached hydrogens (tertiary/aromatic N) is 2. The molecular formula is C12H15N3. The molecule has 1 aliphatic rings. The molecule has 1 aliphatic carbocycles. The number of nitrogens with two attached hydrogens (primary N) is 1. The van der Waals surface area contributed by atoms with Crippen LogP contribution < -0.4 is 5.73 Å². The average Bonchev–Trinajstić information content (AvgIpc) is 3.05. The first-order chi connectivity index (χ1) is 7.29. The predicted molar refractivity (Wildman–Crippen MR) is 60.6 cm³/mol. The summed E-state index contributed by atoms with van der Waals surface area (Å²) in [6.07, 6.45) is 2.59. The monoisotopic (exact) mass is 201 g/mol. The number of aryl methyl sites for hydroxylation is 1. The maximum absolute atomic E-state index is 5.64. The Balaban J connectivity index is 2.23. The second-order valence-electron chi connectivity index (χ2n) is 4.34. The van der Waals surface area contributed by atoms with Crippen LogP contribution in [0.3, 0.4) is 0 Å². The van der Waals surface area contributed by atoms with Gasteiger partial charge in [-0.05, 0) is 24.5 Å². The van der Waals surface area contributed by atoms with Crippen LogP contribution in [0.15, 0.2) is 18.2 Å². The highest BCUT2D eigenvalue weighted by atomic mass is 15.3. The van der Waals surface area contributed by atoms with Crippen molar-refractivity contribution < 1.29 is 0 Å². The first kappa shape index (κ1) is 8.92. The molecule has 1 fully saturated rings. The van der Waals surface area contributed by atoms with Gasteiger partial charge in [0.15, 0.2) is 0 Å². The number of hydrogen-bond donors (Lipinski definition) is 1. The van der Waals surface area contributed by atoms with Crippen LogP contribution in [0.25, 0.3) is 10.9 Å². The Bertz CT molecular complexity index is 509. The molecule has 0 amide bonds. The van der Waals surface area contributed by atoms with Gasteiger partial charge in [0, 0.05) is 24.9 Å². The number of rotatable bonds is 2. The third-order valence-electron chi connectivity index (χ3n) is 3.14. The summed E-state index contributed by atoms with van der Waals surface area (Å²) < 4.78 is 1.97. The Morgan fingerprint density at radius 1 is 1.47 bits per heavy atom. The average molecular weight is 201 g/mol. The smallest absolute Gasteiger partial charge is 0.0734 e. The number of aromatic nitrogens is 2. The van der Waals surface area contributed by atoms with Gasteiger partial charge in [-0.2, -0.15) is 5.10 Å². The van der Waals surface area contributed by atoms with Gasteiger partial charge < -0.3 is 5.73 Å². The molecule has 78 valence electrons. The molecule has 1 heterocycles. The van der Waals surface area contributed by atoms with Crippen LogP contribution in [0.1, 0.15) is 30.0 Å².